The van der Waals surface area contributed by atoms with E-state index in [1.165, 1.54) is 0 Å². The lowest BCUT2D eigenvalue weighted by Crippen LogP contribution is -2.56. The van der Waals surface area contributed by atoms with E-state index in [1.807, 2.05) is 67.9 Å². The van der Waals surface area contributed by atoms with E-state index in [1.54, 1.807) is 17.3 Å². The first kappa shape index (κ1) is 26.1. The number of aromatic nitrogens is 2. The van der Waals surface area contributed by atoms with Gasteiger partial charge in [-0.25, -0.2) is 9.98 Å². The number of benzene rings is 2. The van der Waals surface area contributed by atoms with Gasteiger partial charge in [0.05, 0.1) is 30.1 Å². The van der Waals surface area contributed by atoms with Crippen LogP contribution in [-0.2, 0) is 21.5 Å². The zero-order valence-corrected chi connectivity index (χ0v) is 22.6. The molecule has 8 nitrogen and oxygen atoms in total. The zero-order valence-electron chi connectivity index (χ0n) is 21.9. The molecule has 1 saturated heterocycles. The maximum absolute atomic E-state index is 13.3. The molecule has 3 atom stereocenters. The molecule has 2 N–H and O–H groups in total. The predicted molar refractivity (Wildman–Crippen MR) is 147 cm³/mol. The molecule has 0 aliphatic carbocycles. The first-order chi connectivity index (χ1) is 18.1. The Morgan fingerprint density at radius 1 is 1.26 bits per heavy atom. The largest absolute Gasteiger partial charge is 0.378 e. The number of guanidine groups is 1. The maximum Gasteiger partial charge on any atom is 0.232 e. The summed E-state index contributed by atoms with van der Waals surface area (Å²) in [6.45, 7) is 6.37. The fraction of sp³-hybridized carbons (Fsp3) is 0.379. The molecular weight excluding hydrogens is 502 g/mol. The lowest BCUT2D eigenvalue weighted by molar-refractivity contribution is -0.133. The van der Waals surface area contributed by atoms with Gasteiger partial charge in [-0.2, -0.15) is 0 Å². The Bertz CT molecular complexity index is 1420. The average molecular weight is 534 g/mol. The number of imidazole rings is 1. The molecule has 0 spiro atoms. The van der Waals surface area contributed by atoms with Gasteiger partial charge in [-0.05, 0) is 56.9 Å². The number of carbonyl (C=O) groups excluding carboxylic acids is 2. The molecule has 198 valence electrons. The minimum Gasteiger partial charge on any atom is -0.378 e. The van der Waals surface area contributed by atoms with E-state index < -0.39 is 5.54 Å². The van der Waals surface area contributed by atoms with E-state index in [0.717, 1.165) is 24.2 Å². The fourth-order valence-electron chi connectivity index (χ4n) is 5.42. The Morgan fingerprint density at radius 2 is 2.05 bits per heavy atom. The van der Waals surface area contributed by atoms with Gasteiger partial charge in [0.1, 0.15) is 0 Å². The van der Waals surface area contributed by atoms with Gasteiger partial charge in [0.2, 0.25) is 5.91 Å². The van der Waals surface area contributed by atoms with Crippen LogP contribution in [0.25, 0.3) is 5.69 Å². The molecule has 0 radical (unpaired) electrons. The summed E-state index contributed by atoms with van der Waals surface area (Å²) in [6, 6.07) is 12.9. The monoisotopic (exact) mass is 533 g/mol. The van der Waals surface area contributed by atoms with E-state index in [-0.39, 0.29) is 42.6 Å². The summed E-state index contributed by atoms with van der Waals surface area (Å²) in [5.41, 5.74) is 9.15. The van der Waals surface area contributed by atoms with Crippen molar-refractivity contribution in [1.82, 2.24) is 14.5 Å². The number of ether oxygens (including phenoxy) is 1. The molecule has 0 bridgehead atoms. The van der Waals surface area contributed by atoms with Crippen LogP contribution >= 0.6 is 11.6 Å². The molecule has 5 rings (SSSR count). The van der Waals surface area contributed by atoms with Crippen LogP contribution in [0.1, 0.15) is 60.3 Å². The minimum atomic E-state index is -0.927. The van der Waals surface area contributed by atoms with Crippen molar-refractivity contribution >= 4 is 29.3 Å². The highest BCUT2D eigenvalue weighted by atomic mass is 35.5. The van der Waals surface area contributed by atoms with E-state index in [9.17, 15) is 9.59 Å². The van der Waals surface area contributed by atoms with Crippen molar-refractivity contribution in [2.75, 3.05) is 6.61 Å². The number of rotatable bonds is 6. The van der Waals surface area contributed by atoms with Gasteiger partial charge in [0, 0.05) is 41.5 Å². The van der Waals surface area contributed by atoms with Crippen LogP contribution in [0.15, 0.2) is 60.0 Å². The second-order valence-electron chi connectivity index (χ2n) is 10.4. The van der Waals surface area contributed by atoms with Crippen molar-refractivity contribution in [3.63, 3.8) is 0 Å². The molecule has 9 heteroatoms. The fourth-order valence-corrected chi connectivity index (χ4v) is 5.81. The maximum atomic E-state index is 13.3. The third kappa shape index (κ3) is 5.11. The second kappa shape index (κ2) is 10.3. The molecule has 2 aliphatic heterocycles. The Labute approximate surface area is 227 Å². The van der Waals surface area contributed by atoms with E-state index >= 15 is 0 Å². The van der Waals surface area contributed by atoms with Gasteiger partial charge in [-0.3, -0.25) is 14.5 Å². The number of hydrogen-bond donors (Lipinski definition) is 1. The van der Waals surface area contributed by atoms with Gasteiger partial charge < -0.3 is 15.0 Å². The minimum absolute atomic E-state index is 0.0269. The number of nitrogens with zero attached hydrogens (tertiary/aromatic N) is 4. The molecule has 1 amide bonds. The summed E-state index contributed by atoms with van der Waals surface area (Å²) in [5, 5.41) is 0.433. The third-order valence-corrected chi connectivity index (χ3v) is 7.83. The molecule has 0 saturated carbocycles. The van der Waals surface area contributed by atoms with Crippen LogP contribution in [0, 0.1) is 6.92 Å². The van der Waals surface area contributed by atoms with Crippen LogP contribution < -0.4 is 5.73 Å². The van der Waals surface area contributed by atoms with Crippen molar-refractivity contribution in [2.24, 2.45) is 10.7 Å². The Hall–Kier alpha value is -3.49. The standard InChI is InChI=1S/C29H32ClN5O3/c1-18-16-34(17-32-18)22-8-4-6-20(13-22)25(36)14-21-7-5-9-24(27(21)30)29(3)15-26(37)35(28(31)33-29)23-10-11-38-19(2)12-23/h4-9,13,16-17,19,23H,10-12,14-15H2,1-3H3,(H2,31,33)/t19-,23-,29+/m1/s1. The number of carbonyl (C=O) groups is 2. The normalized spacial score (nSPS) is 23.8. The van der Waals surface area contributed by atoms with E-state index in [4.69, 9.17) is 27.1 Å². The summed E-state index contributed by atoms with van der Waals surface area (Å²) in [6.07, 6.45) is 5.41. The summed E-state index contributed by atoms with van der Waals surface area (Å²) in [7, 11) is 0. The smallest absolute Gasteiger partial charge is 0.232 e. The molecule has 2 aliphatic rings. The topological polar surface area (TPSA) is 103 Å². The van der Waals surface area contributed by atoms with E-state index in [0.29, 0.717) is 28.3 Å². The number of Topliss-reactive ketones (excluding diaryl/α,β-unsaturated/α-hetero) is 1. The van der Waals surface area contributed by atoms with Gasteiger partial charge in [0.15, 0.2) is 11.7 Å². The van der Waals surface area contributed by atoms with Crippen LogP contribution in [-0.4, -0.2) is 50.9 Å². The molecule has 3 aromatic rings. The van der Waals surface area contributed by atoms with Gasteiger partial charge in [0.25, 0.3) is 0 Å². The second-order valence-corrected chi connectivity index (χ2v) is 10.8. The van der Waals surface area contributed by atoms with Crippen molar-refractivity contribution in [2.45, 2.75) is 64.1 Å². The first-order valence-corrected chi connectivity index (χ1v) is 13.2. The lowest BCUT2D eigenvalue weighted by atomic mass is 9.85. The highest BCUT2D eigenvalue weighted by molar-refractivity contribution is 6.32. The molecule has 3 heterocycles. The molecule has 2 aromatic carbocycles. The quantitative estimate of drug-likeness (QED) is 0.467. The highest BCUT2D eigenvalue weighted by Crippen LogP contribution is 2.40. The number of halogens is 1. The molecule has 0 unspecified atom stereocenters. The summed E-state index contributed by atoms with van der Waals surface area (Å²) < 4.78 is 7.52. The van der Waals surface area contributed by atoms with Crippen molar-refractivity contribution in [3.8, 4) is 5.69 Å². The Balaban J connectivity index is 1.39. The number of ketones is 1. The zero-order chi connectivity index (χ0) is 27.0. The third-order valence-electron chi connectivity index (χ3n) is 7.38. The summed E-state index contributed by atoms with van der Waals surface area (Å²) in [4.78, 5) is 37.3. The number of nitrogens with two attached hydrogens (primary N) is 1. The van der Waals surface area contributed by atoms with Crippen molar-refractivity contribution in [1.29, 1.82) is 0 Å². The van der Waals surface area contributed by atoms with Crippen LogP contribution in [0.3, 0.4) is 0 Å². The highest BCUT2D eigenvalue weighted by Gasteiger charge is 2.42. The van der Waals surface area contributed by atoms with Gasteiger partial charge in [-0.1, -0.05) is 41.9 Å². The van der Waals surface area contributed by atoms with Crippen LogP contribution in [0.2, 0.25) is 5.02 Å². The van der Waals surface area contributed by atoms with Crippen LogP contribution in [0.4, 0.5) is 0 Å². The van der Waals surface area contributed by atoms with Crippen LogP contribution in [0.5, 0.6) is 0 Å². The molecular formula is C29H32ClN5O3. The number of amides is 1. The average Bonchev–Trinajstić information content (AvgIpc) is 3.31. The summed E-state index contributed by atoms with van der Waals surface area (Å²) >= 11 is 6.88. The molecule has 1 fully saturated rings. The predicted octanol–water partition coefficient (Wildman–Crippen LogP) is 4.59. The Kier molecular flexibility index (Phi) is 7.11. The number of hydrogen-bond acceptors (Lipinski definition) is 6. The van der Waals surface area contributed by atoms with E-state index in [2.05, 4.69) is 4.98 Å². The number of aryl methyl sites for hydroxylation is 1. The van der Waals surface area contributed by atoms with Gasteiger partial charge in [-0.15, -0.1) is 0 Å². The first-order valence-electron chi connectivity index (χ1n) is 12.9. The van der Waals surface area contributed by atoms with Crippen molar-refractivity contribution in [3.05, 3.63) is 82.4 Å². The summed E-state index contributed by atoms with van der Waals surface area (Å²) in [5.74, 6) is 0.0607. The van der Waals surface area contributed by atoms with Gasteiger partial charge >= 0.3 is 0 Å². The lowest BCUT2D eigenvalue weighted by Gasteiger charge is -2.41. The molecule has 1 aromatic heterocycles. The molecule has 38 heavy (non-hydrogen) atoms. The SMILES string of the molecule is Cc1cn(-c2cccc(C(=O)Cc3cccc([C@]4(C)CC(=O)N([C@@H]5CCO[C@H](C)C5)C(N)=N4)c3Cl)c2)cn1. The number of aliphatic imine (C=N–C) groups is 1. The Morgan fingerprint density at radius 3 is 2.76 bits per heavy atom. The van der Waals surface area contributed by atoms with Crippen molar-refractivity contribution < 1.29 is 14.3 Å².